The third-order valence-electron chi connectivity index (χ3n) is 16.4. The van der Waals surface area contributed by atoms with Gasteiger partial charge in [0.15, 0.2) is 0 Å². The molecule has 0 radical (unpaired) electrons. The van der Waals surface area contributed by atoms with Gasteiger partial charge in [-0.2, -0.15) is 0 Å². The van der Waals surface area contributed by atoms with Gasteiger partial charge in [-0.3, -0.25) is 0 Å². The summed E-state index contributed by atoms with van der Waals surface area (Å²) in [5.74, 6) is 29.2. The summed E-state index contributed by atoms with van der Waals surface area (Å²) < 4.78 is 59.8. The normalized spacial score (nSPS) is 12.7. The predicted octanol–water partition coefficient (Wildman–Crippen LogP) is 14.2. The van der Waals surface area contributed by atoms with E-state index >= 15 is 0 Å². The molecule has 110 heavy (non-hydrogen) atoms. The molecule has 0 aromatic heterocycles. The van der Waals surface area contributed by atoms with Gasteiger partial charge in [-0.15, -0.1) is 0 Å². The van der Waals surface area contributed by atoms with Crippen LogP contribution in [0, 0.1) is 47.4 Å². The van der Waals surface area contributed by atoms with E-state index in [0.29, 0.717) is 137 Å². The Labute approximate surface area is 651 Å². The van der Waals surface area contributed by atoms with Gasteiger partial charge in [-0.05, 0) is 147 Å². The monoisotopic (exact) mass is 1490 g/mol. The predicted molar refractivity (Wildman–Crippen MR) is 432 cm³/mol. The van der Waals surface area contributed by atoms with Crippen LogP contribution in [0.15, 0.2) is 170 Å². The van der Waals surface area contributed by atoms with Gasteiger partial charge in [0.1, 0.15) is 60.6 Å². The van der Waals surface area contributed by atoms with Crippen LogP contribution in [-0.2, 0) is 80.8 Å². The van der Waals surface area contributed by atoms with Crippen LogP contribution in [0.5, 0.6) is 23.0 Å². The highest BCUT2D eigenvalue weighted by atomic mass is 16.6. The van der Waals surface area contributed by atoms with Crippen molar-refractivity contribution in [3.05, 3.63) is 259 Å². The highest BCUT2D eigenvalue weighted by Gasteiger charge is 2.19. The Kier molecular flexibility index (Phi) is 34.5. The molecule has 8 aromatic carbocycles. The zero-order chi connectivity index (χ0) is 77.4. The van der Waals surface area contributed by atoms with Crippen molar-refractivity contribution >= 4 is 12.2 Å². The summed E-state index contributed by atoms with van der Waals surface area (Å²) in [6.07, 6.45) is 0.803. The molecule has 0 aliphatic carbocycles. The second-order valence-corrected chi connectivity index (χ2v) is 28.2. The fourth-order valence-electron chi connectivity index (χ4n) is 11.1. The Morgan fingerprint density at radius 2 is 0.555 bits per heavy atom. The van der Waals surface area contributed by atoms with Crippen LogP contribution in [0.3, 0.4) is 0 Å². The molecule has 0 atom stereocenters. The summed E-state index contributed by atoms with van der Waals surface area (Å²) in [5, 5.41) is 20.0. The van der Waals surface area contributed by atoms with Crippen LogP contribution in [0.4, 0.5) is 9.59 Å². The first-order chi connectivity index (χ1) is 53.5. The molecule has 0 fully saturated rings. The maximum Gasteiger partial charge on any atom is 0.407 e. The van der Waals surface area contributed by atoms with E-state index in [2.05, 4.69) is 190 Å². The summed E-state index contributed by atoms with van der Waals surface area (Å²) in [5.41, 5.74) is 13.9. The van der Waals surface area contributed by atoms with Crippen LogP contribution in [0.2, 0.25) is 0 Å². The second-order valence-electron chi connectivity index (χ2n) is 28.2. The molecule has 0 saturated carbocycles. The largest absolute Gasteiger partial charge is 0.490 e. The highest BCUT2D eigenvalue weighted by Crippen LogP contribution is 2.31. The van der Waals surface area contributed by atoms with E-state index in [4.69, 9.17) is 47.4 Å². The number of carbonyl (C=O) groups is 2. The summed E-state index contributed by atoms with van der Waals surface area (Å²) in [7, 11) is 0. The Balaban J connectivity index is 0.932. The van der Waals surface area contributed by atoms with Gasteiger partial charge < -0.3 is 79.3 Å². The van der Waals surface area contributed by atoms with Crippen molar-refractivity contribution in [1.82, 2.24) is 31.9 Å². The first kappa shape index (κ1) is 83.5. The lowest BCUT2D eigenvalue weighted by Gasteiger charge is -2.19. The lowest BCUT2D eigenvalue weighted by atomic mass is 10.1. The molecule has 24 rings (SSSR count). The summed E-state index contributed by atoms with van der Waals surface area (Å²) in [6, 6.07) is 57.8. The van der Waals surface area contributed by atoms with Gasteiger partial charge in [0.25, 0.3) is 0 Å². The van der Waals surface area contributed by atoms with Gasteiger partial charge in [-0.25, -0.2) is 9.59 Å². The number of hydrogen-bond acceptors (Lipinski definition) is 16. The van der Waals surface area contributed by atoms with E-state index < -0.39 is 23.4 Å². The molecule has 576 valence electrons. The Morgan fingerprint density at radius 3 is 0.800 bits per heavy atom. The molecule has 16 aliphatic heterocycles. The second kappa shape index (κ2) is 45.4. The minimum Gasteiger partial charge on any atom is -0.490 e. The van der Waals surface area contributed by atoms with Crippen LogP contribution in [0.1, 0.15) is 157 Å². The molecule has 6 N–H and O–H groups in total. The minimum atomic E-state index is -0.602. The number of carbonyl (C=O) groups excluding carboxylic acids is 2. The van der Waals surface area contributed by atoms with Crippen molar-refractivity contribution in [3.63, 3.8) is 0 Å². The smallest absolute Gasteiger partial charge is 0.407 e. The summed E-state index contributed by atoms with van der Waals surface area (Å²) >= 11 is 0. The molecule has 0 saturated heterocycles. The highest BCUT2D eigenvalue weighted by molar-refractivity contribution is 5.68. The number of ether oxygens (including phenoxy) is 10. The van der Waals surface area contributed by atoms with Gasteiger partial charge in [0.05, 0.1) is 61.9 Å². The van der Waals surface area contributed by atoms with Crippen molar-refractivity contribution in [1.29, 1.82) is 0 Å². The first-order valence-corrected chi connectivity index (χ1v) is 38.0. The third kappa shape index (κ3) is 31.6. The summed E-state index contributed by atoms with van der Waals surface area (Å²) in [4.78, 5) is 24.4. The Bertz CT molecular complexity index is 4190. The van der Waals surface area contributed by atoms with Gasteiger partial charge in [0.2, 0.25) is 0 Å². The average molecular weight is 1490 g/mol. The number of rotatable bonds is 26. The fourth-order valence-corrected chi connectivity index (χ4v) is 11.1. The van der Waals surface area contributed by atoms with Gasteiger partial charge >= 0.3 is 12.2 Å². The minimum absolute atomic E-state index is 0.215. The Morgan fingerprint density at radius 1 is 0.309 bits per heavy atom. The standard InChI is InChI=1S/C92H106N6O12/c1-9-43-101-47-51-105-85-57-83-39-35-71-21-29-75(30-22-71)63-95-67-79-15-12-16-80(56-79)68-96-64-76-31-23-72(24-32-76)36-40-84-58-86(106-52-48-102-44-10-2)82(60-88(84)108-54-50-104-46-42-98-90(100)110-92(6,7)8)38-34-70-19-27-74(28-20-70)62-94-66-78-14-11-13-77(55-78)65-93-61-73-25-17-69(18-26-73)33-37-81(85)59-87(83)107-53-49-103-45-41-97-89(99)109-91(3,4)5/h11-32,55-60,93-96H,9-10,41-54,61-68H2,1-8H3,(H,97,99)(H,98,100). The topological polar surface area (TPSA) is 199 Å². The fraction of sp³-hybridized carbons (Fsp3) is 0.370. The number of hydrogen-bond donors (Lipinski definition) is 6. The average Bonchev–Trinajstić information content (AvgIpc) is 0.825. The molecule has 18 heteroatoms. The van der Waals surface area contributed by atoms with Gasteiger partial charge in [0, 0.05) is 125 Å². The molecular weight excluding hydrogens is 1380 g/mol. The van der Waals surface area contributed by atoms with E-state index in [1.807, 2.05) is 114 Å². The number of nitrogens with one attached hydrogen (secondary N) is 6. The lowest BCUT2D eigenvalue weighted by molar-refractivity contribution is 0.0479. The first-order valence-electron chi connectivity index (χ1n) is 38.0. The van der Waals surface area contributed by atoms with Crippen LogP contribution in [-0.4, -0.2) is 116 Å². The van der Waals surface area contributed by atoms with E-state index in [1.165, 1.54) is 22.3 Å². The lowest BCUT2D eigenvalue weighted by Crippen LogP contribution is -2.34. The molecule has 16 aliphatic rings. The maximum atomic E-state index is 12.2. The molecule has 18 nitrogen and oxygen atoms in total. The zero-order valence-electron chi connectivity index (χ0n) is 65.0. The molecular formula is C92H106N6O12. The molecule has 2 amide bonds. The number of benzene rings is 8. The molecule has 16 heterocycles. The number of alkyl carbamates (subject to hydrolysis) is 2. The van der Waals surface area contributed by atoms with Crippen LogP contribution < -0.4 is 50.8 Å². The van der Waals surface area contributed by atoms with Crippen molar-refractivity contribution in [2.45, 2.75) is 132 Å². The molecule has 16 bridgehead atoms. The van der Waals surface area contributed by atoms with Crippen molar-refractivity contribution in [3.8, 4) is 70.4 Å². The van der Waals surface area contributed by atoms with Crippen molar-refractivity contribution in [2.75, 3.05) is 92.4 Å². The van der Waals surface area contributed by atoms with Crippen molar-refractivity contribution in [2.24, 2.45) is 0 Å². The molecule has 8 aromatic rings. The number of amides is 2. The van der Waals surface area contributed by atoms with E-state index in [9.17, 15) is 9.59 Å². The Hall–Kier alpha value is -10.6. The van der Waals surface area contributed by atoms with Gasteiger partial charge in [-0.1, -0.05) is 158 Å². The van der Waals surface area contributed by atoms with E-state index in [-0.39, 0.29) is 52.7 Å². The van der Waals surface area contributed by atoms with Crippen molar-refractivity contribution < 1.29 is 57.0 Å². The third-order valence-corrected chi connectivity index (χ3v) is 16.4. The summed E-state index contributed by atoms with van der Waals surface area (Å²) in [6.45, 7) is 25.3. The quantitative estimate of drug-likeness (QED) is 0.0221. The maximum absolute atomic E-state index is 12.2. The van der Waals surface area contributed by atoms with E-state index in [0.717, 1.165) is 57.3 Å². The SMILES string of the molecule is CCCOCCOc1cc2c(OCCOCCNC(=O)OC(C)(C)C)cc1C#Cc1ccc(cc1)CNCc1cccc(c1)CNCc1ccc(cc1)C#Cc1cc(OCCOCCNC(=O)OC(C)(C)C)c(cc1OCCOCCC)C#Cc1ccc(cc1)CNCc1cccc(c1)CNCc1ccc(cc1)C#C2. The van der Waals surface area contributed by atoms with Crippen LogP contribution in [0.25, 0.3) is 0 Å². The zero-order valence-corrected chi connectivity index (χ0v) is 65.0. The molecule has 0 spiro atoms. The van der Waals surface area contributed by atoms with Crippen LogP contribution >= 0.6 is 0 Å². The molecule has 0 unspecified atom stereocenters. The van der Waals surface area contributed by atoms with E-state index in [1.54, 1.807) is 0 Å².